The van der Waals surface area contributed by atoms with Crippen molar-refractivity contribution in [2.24, 2.45) is 5.92 Å². The van der Waals surface area contributed by atoms with Crippen LogP contribution in [0.3, 0.4) is 0 Å². The fourth-order valence-electron chi connectivity index (χ4n) is 3.91. The molecule has 2 fully saturated rings. The fraction of sp³-hybridized carbons (Fsp3) is 0.600. The molecule has 8 heteroatoms. The molecule has 1 heterocycles. The molecule has 1 aromatic carbocycles. The van der Waals surface area contributed by atoms with E-state index in [1.54, 1.807) is 17.9 Å². The number of piperazine rings is 1. The maximum absolute atomic E-state index is 13.0. The number of hydrogen-bond acceptors (Lipinski definition) is 4. The summed E-state index contributed by atoms with van der Waals surface area (Å²) in [4.78, 5) is 26.4. The molecule has 2 aliphatic rings. The first-order valence-electron chi connectivity index (χ1n) is 9.92. The van der Waals surface area contributed by atoms with Crippen LogP contribution in [-0.2, 0) is 19.6 Å². The summed E-state index contributed by atoms with van der Waals surface area (Å²) in [7, 11) is -3.58. The van der Waals surface area contributed by atoms with E-state index in [4.69, 9.17) is 0 Å². The summed E-state index contributed by atoms with van der Waals surface area (Å²) in [6, 6.07) is 5.40. The van der Waals surface area contributed by atoms with Gasteiger partial charge in [-0.15, -0.1) is 0 Å². The minimum absolute atomic E-state index is 0.0148. The third kappa shape index (κ3) is 4.55. The SMILES string of the molecule is Cc1ccc(C)c(S(=O)(=O)N2CCN(C(=O)CNC(=O)C3CCCC3)CC2)c1. The first-order chi connectivity index (χ1) is 13.3. The summed E-state index contributed by atoms with van der Waals surface area (Å²) in [5.74, 6) is -0.163. The first-order valence-corrected chi connectivity index (χ1v) is 11.4. The quantitative estimate of drug-likeness (QED) is 0.800. The van der Waals surface area contributed by atoms with Crippen LogP contribution in [0, 0.1) is 19.8 Å². The topological polar surface area (TPSA) is 86.8 Å². The normalized spacial score (nSPS) is 19.0. The molecule has 154 valence electrons. The number of benzene rings is 1. The second-order valence-corrected chi connectivity index (χ2v) is 9.66. The largest absolute Gasteiger partial charge is 0.347 e. The number of carbonyl (C=O) groups is 2. The lowest BCUT2D eigenvalue weighted by Crippen LogP contribution is -2.52. The van der Waals surface area contributed by atoms with Gasteiger partial charge < -0.3 is 10.2 Å². The zero-order chi connectivity index (χ0) is 20.3. The highest BCUT2D eigenvalue weighted by Crippen LogP contribution is 2.25. The lowest BCUT2D eigenvalue weighted by Gasteiger charge is -2.34. The molecule has 2 amide bonds. The van der Waals surface area contributed by atoms with Crippen LogP contribution < -0.4 is 5.32 Å². The summed E-state index contributed by atoms with van der Waals surface area (Å²) in [6.07, 6.45) is 3.94. The van der Waals surface area contributed by atoms with Gasteiger partial charge in [-0.3, -0.25) is 9.59 Å². The van der Waals surface area contributed by atoms with Gasteiger partial charge in [-0.1, -0.05) is 25.0 Å². The lowest BCUT2D eigenvalue weighted by atomic mass is 10.1. The molecular formula is C20H29N3O4S. The molecule has 1 aliphatic heterocycles. The average molecular weight is 408 g/mol. The van der Waals surface area contributed by atoms with Crippen LogP contribution in [0.5, 0.6) is 0 Å². The zero-order valence-electron chi connectivity index (χ0n) is 16.6. The minimum atomic E-state index is -3.58. The van der Waals surface area contributed by atoms with Gasteiger partial charge in [0.1, 0.15) is 0 Å². The van der Waals surface area contributed by atoms with Crippen molar-refractivity contribution in [3.8, 4) is 0 Å². The van der Waals surface area contributed by atoms with E-state index in [2.05, 4.69) is 5.32 Å². The van der Waals surface area contributed by atoms with Crippen LogP contribution in [0.2, 0.25) is 0 Å². The molecular weight excluding hydrogens is 378 g/mol. The smallest absolute Gasteiger partial charge is 0.243 e. The highest BCUT2D eigenvalue weighted by molar-refractivity contribution is 7.89. The van der Waals surface area contributed by atoms with Crippen LogP contribution in [0.15, 0.2) is 23.1 Å². The van der Waals surface area contributed by atoms with Crippen molar-refractivity contribution in [3.05, 3.63) is 29.3 Å². The summed E-state index contributed by atoms with van der Waals surface area (Å²) < 4.78 is 27.4. The van der Waals surface area contributed by atoms with Gasteiger partial charge in [0.25, 0.3) is 0 Å². The first kappa shape index (κ1) is 20.8. The molecule has 1 saturated heterocycles. The van der Waals surface area contributed by atoms with Crippen LogP contribution in [0.4, 0.5) is 0 Å². The van der Waals surface area contributed by atoms with Gasteiger partial charge in [0.05, 0.1) is 11.4 Å². The second kappa shape index (κ2) is 8.61. The van der Waals surface area contributed by atoms with Gasteiger partial charge in [-0.05, 0) is 43.9 Å². The van der Waals surface area contributed by atoms with E-state index in [1.807, 2.05) is 19.1 Å². The Kier molecular flexibility index (Phi) is 6.40. The Morgan fingerprint density at radius 3 is 2.36 bits per heavy atom. The molecule has 1 saturated carbocycles. The fourth-order valence-corrected chi connectivity index (χ4v) is 5.64. The Morgan fingerprint density at radius 1 is 1.07 bits per heavy atom. The number of sulfonamides is 1. The van der Waals surface area contributed by atoms with E-state index in [0.29, 0.717) is 18.0 Å². The maximum atomic E-state index is 13.0. The standard InChI is InChI=1S/C20H29N3O4S/c1-15-7-8-16(2)18(13-15)28(26,27)23-11-9-22(10-12-23)19(24)14-21-20(25)17-5-3-4-6-17/h7-8,13,17H,3-6,9-12,14H2,1-2H3,(H,21,25). The van der Waals surface area contributed by atoms with Gasteiger partial charge in [0, 0.05) is 32.1 Å². The molecule has 7 nitrogen and oxygen atoms in total. The van der Waals surface area contributed by atoms with Crippen LogP contribution in [-0.4, -0.2) is 62.2 Å². The summed E-state index contributed by atoms with van der Waals surface area (Å²) >= 11 is 0. The molecule has 0 bridgehead atoms. The van der Waals surface area contributed by atoms with E-state index in [0.717, 1.165) is 36.8 Å². The monoisotopic (exact) mass is 407 g/mol. The maximum Gasteiger partial charge on any atom is 0.243 e. The second-order valence-electron chi connectivity index (χ2n) is 7.75. The summed E-state index contributed by atoms with van der Waals surface area (Å²) in [5, 5.41) is 2.74. The Labute approximate surface area is 167 Å². The van der Waals surface area contributed by atoms with Crippen molar-refractivity contribution in [2.45, 2.75) is 44.4 Å². The third-order valence-corrected chi connectivity index (χ3v) is 7.73. The van der Waals surface area contributed by atoms with E-state index in [-0.39, 0.29) is 37.4 Å². The Balaban J connectivity index is 1.54. The highest BCUT2D eigenvalue weighted by Gasteiger charge is 2.31. The highest BCUT2D eigenvalue weighted by atomic mass is 32.2. The Hall–Kier alpha value is -1.93. The summed E-state index contributed by atoms with van der Waals surface area (Å²) in [6.45, 7) is 4.84. The van der Waals surface area contributed by atoms with Crippen molar-refractivity contribution in [3.63, 3.8) is 0 Å². The Morgan fingerprint density at radius 2 is 1.71 bits per heavy atom. The minimum Gasteiger partial charge on any atom is -0.347 e. The molecule has 1 aromatic rings. The molecule has 0 radical (unpaired) electrons. The van der Waals surface area contributed by atoms with E-state index < -0.39 is 10.0 Å². The van der Waals surface area contributed by atoms with Gasteiger partial charge in [0.2, 0.25) is 21.8 Å². The average Bonchev–Trinajstić information content (AvgIpc) is 3.22. The van der Waals surface area contributed by atoms with Crippen LogP contribution >= 0.6 is 0 Å². The predicted octanol–water partition coefficient (Wildman–Crippen LogP) is 1.44. The molecule has 3 rings (SSSR count). The Bertz CT molecular complexity index is 839. The molecule has 1 N–H and O–H groups in total. The van der Waals surface area contributed by atoms with Crippen LogP contribution in [0.25, 0.3) is 0 Å². The van der Waals surface area contributed by atoms with Gasteiger partial charge in [0.15, 0.2) is 0 Å². The van der Waals surface area contributed by atoms with E-state index in [9.17, 15) is 18.0 Å². The van der Waals surface area contributed by atoms with Gasteiger partial charge >= 0.3 is 0 Å². The summed E-state index contributed by atoms with van der Waals surface area (Å²) in [5.41, 5.74) is 1.62. The van der Waals surface area contributed by atoms with Crippen molar-refractivity contribution in [1.29, 1.82) is 0 Å². The molecule has 0 aromatic heterocycles. The van der Waals surface area contributed by atoms with Gasteiger partial charge in [-0.25, -0.2) is 8.42 Å². The van der Waals surface area contributed by atoms with Crippen LogP contribution in [0.1, 0.15) is 36.8 Å². The van der Waals surface area contributed by atoms with Crippen molar-refractivity contribution in [2.75, 3.05) is 32.7 Å². The number of amides is 2. The lowest BCUT2D eigenvalue weighted by molar-refractivity contribution is -0.134. The zero-order valence-corrected chi connectivity index (χ0v) is 17.4. The van der Waals surface area contributed by atoms with Gasteiger partial charge in [-0.2, -0.15) is 4.31 Å². The third-order valence-electron chi connectivity index (χ3n) is 5.69. The molecule has 28 heavy (non-hydrogen) atoms. The number of nitrogens with zero attached hydrogens (tertiary/aromatic N) is 2. The molecule has 0 spiro atoms. The number of aryl methyl sites for hydroxylation is 2. The number of carbonyl (C=O) groups excluding carboxylic acids is 2. The molecule has 1 aliphatic carbocycles. The molecule has 0 atom stereocenters. The van der Waals surface area contributed by atoms with Crippen molar-refractivity contribution >= 4 is 21.8 Å². The van der Waals surface area contributed by atoms with Crippen molar-refractivity contribution < 1.29 is 18.0 Å². The van der Waals surface area contributed by atoms with Crippen molar-refractivity contribution in [1.82, 2.24) is 14.5 Å². The predicted molar refractivity (Wildman–Crippen MR) is 106 cm³/mol. The number of hydrogen-bond donors (Lipinski definition) is 1. The van der Waals surface area contributed by atoms with E-state index in [1.165, 1.54) is 4.31 Å². The van der Waals surface area contributed by atoms with E-state index >= 15 is 0 Å². The number of rotatable bonds is 5. The molecule has 0 unspecified atom stereocenters. The number of nitrogens with one attached hydrogen (secondary N) is 1.